The highest BCUT2D eigenvalue weighted by molar-refractivity contribution is 5.87. The number of rotatable bonds is 5. The molecule has 10 heteroatoms. The van der Waals surface area contributed by atoms with Crippen LogP contribution < -0.4 is 10.2 Å². The average Bonchev–Trinajstić information content (AvgIpc) is 3.09. The van der Waals surface area contributed by atoms with E-state index in [0.717, 1.165) is 30.0 Å². The molecule has 2 aromatic rings. The summed E-state index contributed by atoms with van der Waals surface area (Å²) in [5, 5.41) is 14.3. The number of amides is 2. The maximum absolute atomic E-state index is 12.5. The van der Waals surface area contributed by atoms with Crippen LogP contribution >= 0.6 is 0 Å². The molecule has 3 heterocycles. The number of tetrazole rings is 1. The molecule has 0 spiro atoms. The lowest BCUT2D eigenvalue weighted by molar-refractivity contribution is 0.207. The monoisotopic (exact) mass is 359 g/mol. The van der Waals surface area contributed by atoms with Gasteiger partial charge in [0.05, 0.1) is 11.4 Å². The number of nitrogens with one attached hydrogen (secondary N) is 1. The topological polar surface area (TPSA) is 105 Å². The molecule has 2 aromatic heterocycles. The zero-order valence-electron chi connectivity index (χ0n) is 15.5. The number of aryl methyl sites for hydroxylation is 3. The second kappa shape index (κ2) is 8.07. The first-order valence-corrected chi connectivity index (χ1v) is 8.95. The fourth-order valence-electron chi connectivity index (χ4n) is 2.87. The van der Waals surface area contributed by atoms with Gasteiger partial charge in [-0.25, -0.2) is 14.5 Å². The van der Waals surface area contributed by atoms with E-state index in [9.17, 15) is 4.79 Å². The molecular formula is C16H25N9O. The summed E-state index contributed by atoms with van der Waals surface area (Å²) in [6.45, 7) is 9.33. The second-order valence-electron chi connectivity index (χ2n) is 6.40. The van der Waals surface area contributed by atoms with Crippen molar-refractivity contribution in [1.82, 2.24) is 35.1 Å². The molecule has 1 aliphatic heterocycles. The number of carbonyl (C=O) groups excluding carboxylic acids is 1. The van der Waals surface area contributed by atoms with E-state index in [1.54, 1.807) is 15.8 Å². The SMILES string of the molecule is CCCCn1nnnc1NC(=O)N1CCN(c2nc(C)cnc2C)CC1. The summed E-state index contributed by atoms with van der Waals surface area (Å²) in [6.07, 6.45) is 3.77. The predicted octanol–water partition coefficient (Wildman–Crippen LogP) is 1.23. The van der Waals surface area contributed by atoms with E-state index in [4.69, 9.17) is 0 Å². The fourth-order valence-corrected chi connectivity index (χ4v) is 2.87. The number of hydrogen-bond donors (Lipinski definition) is 1. The van der Waals surface area contributed by atoms with Crippen molar-refractivity contribution in [2.24, 2.45) is 0 Å². The van der Waals surface area contributed by atoms with E-state index >= 15 is 0 Å². The Bertz CT molecular complexity index is 752. The summed E-state index contributed by atoms with van der Waals surface area (Å²) < 4.78 is 1.63. The molecule has 0 saturated carbocycles. The zero-order valence-corrected chi connectivity index (χ0v) is 15.5. The summed E-state index contributed by atoms with van der Waals surface area (Å²) in [7, 11) is 0. The maximum Gasteiger partial charge on any atom is 0.324 e. The Morgan fingerprint density at radius 2 is 2.00 bits per heavy atom. The lowest BCUT2D eigenvalue weighted by Crippen LogP contribution is -2.50. The third kappa shape index (κ3) is 4.06. The first-order valence-electron chi connectivity index (χ1n) is 8.95. The average molecular weight is 359 g/mol. The van der Waals surface area contributed by atoms with E-state index in [1.807, 2.05) is 13.8 Å². The Kier molecular flexibility index (Phi) is 5.59. The van der Waals surface area contributed by atoms with Crippen LogP contribution in [0.2, 0.25) is 0 Å². The molecule has 0 unspecified atom stereocenters. The molecule has 0 bridgehead atoms. The molecule has 0 atom stereocenters. The van der Waals surface area contributed by atoms with E-state index in [0.29, 0.717) is 38.7 Å². The number of aromatic nitrogens is 6. The molecule has 2 amide bonds. The van der Waals surface area contributed by atoms with Crippen LogP contribution in [-0.4, -0.2) is 67.3 Å². The summed E-state index contributed by atoms with van der Waals surface area (Å²) in [5.74, 6) is 1.29. The number of anilines is 2. The number of nitrogens with zero attached hydrogens (tertiary/aromatic N) is 8. The van der Waals surface area contributed by atoms with Crippen molar-refractivity contribution in [2.45, 2.75) is 40.2 Å². The molecule has 1 N–H and O–H groups in total. The van der Waals surface area contributed by atoms with Gasteiger partial charge in [0.2, 0.25) is 0 Å². The molecule has 0 aliphatic carbocycles. The van der Waals surface area contributed by atoms with Crippen LogP contribution in [0.5, 0.6) is 0 Å². The summed E-state index contributed by atoms with van der Waals surface area (Å²) >= 11 is 0. The normalized spacial score (nSPS) is 14.6. The minimum absolute atomic E-state index is 0.177. The minimum atomic E-state index is -0.177. The van der Waals surface area contributed by atoms with Gasteiger partial charge in [-0.15, -0.1) is 0 Å². The fraction of sp³-hybridized carbons (Fsp3) is 0.625. The molecule has 140 valence electrons. The third-order valence-electron chi connectivity index (χ3n) is 4.39. The molecular weight excluding hydrogens is 334 g/mol. The Morgan fingerprint density at radius 1 is 1.23 bits per heavy atom. The Morgan fingerprint density at radius 3 is 2.73 bits per heavy atom. The molecule has 0 aromatic carbocycles. The highest BCUT2D eigenvalue weighted by Crippen LogP contribution is 2.17. The van der Waals surface area contributed by atoms with Crippen LogP contribution in [-0.2, 0) is 6.54 Å². The van der Waals surface area contributed by atoms with Crippen LogP contribution in [0.25, 0.3) is 0 Å². The number of carbonyl (C=O) groups is 1. The maximum atomic E-state index is 12.5. The van der Waals surface area contributed by atoms with Gasteiger partial charge >= 0.3 is 6.03 Å². The van der Waals surface area contributed by atoms with Crippen LogP contribution in [0.4, 0.5) is 16.6 Å². The van der Waals surface area contributed by atoms with Crippen molar-refractivity contribution < 1.29 is 4.79 Å². The zero-order chi connectivity index (χ0) is 18.5. The second-order valence-corrected chi connectivity index (χ2v) is 6.40. The van der Waals surface area contributed by atoms with Gasteiger partial charge in [-0.2, -0.15) is 0 Å². The van der Waals surface area contributed by atoms with Gasteiger partial charge in [0, 0.05) is 38.9 Å². The standard InChI is InChI=1S/C16H25N9O/c1-4-5-6-25-15(20-21-22-25)19-16(26)24-9-7-23(8-10-24)14-13(3)17-11-12(2)18-14/h11H,4-10H2,1-3H3,(H,19,20,22,26). The summed E-state index contributed by atoms with van der Waals surface area (Å²) in [5.41, 5.74) is 1.80. The third-order valence-corrected chi connectivity index (χ3v) is 4.39. The van der Waals surface area contributed by atoms with Gasteiger partial charge in [0.15, 0.2) is 0 Å². The highest BCUT2D eigenvalue weighted by Gasteiger charge is 2.24. The van der Waals surface area contributed by atoms with E-state index in [2.05, 4.69) is 42.6 Å². The Labute approximate surface area is 152 Å². The van der Waals surface area contributed by atoms with E-state index in [1.165, 1.54) is 0 Å². The molecule has 0 radical (unpaired) electrons. The van der Waals surface area contributed by atoms with Crippen LogP contribution in [0, 0.1) is 13.8 Å². The molecule has 1 saturated heterocycles. The Balaban J connectivity index is 1.57. The van der Waals surface area contributed by atoms with Crippen LogP contribution in [0.3, 0.4) is 0 Å². The molecule has 1 aliphatic rings. The van der Waals surface area contributed by atoms with Crippen molar-refractivity contribution in [3.63, 3.8) is 0 Å². The summed E-state index contributed by atoms with van der Waals surface area (Å²) in [4.78, 5) is 25.4. The number of unbranched alkanes of at least 4 members (excludes halogenated alkanes) is 1. The van der Waals surface area contributed by atoms with Crippen molar-refractivity contribution in [3.05, 3.63) is 17.6 Å². The van der Waals surface area contributed by atoms with E-state index in [-0.39, 0.29) is 6.03 Å². The highest BCUT2D eigenvalue weighted by atomic mass is 16.2. The quantitative estimate of drug-likeness (QED) is 0.856. The van der Waals surface area contributed by atoms with Gasteiger partial charge < -0.3 is 9.80 Å². The van der Waals surface area contributed by atoms with Crippen molar-refractivity contribution in [1.29, 1.82) is 0 Å². The molecule has 3 rings (SSSR count). The van der Waals surface area contributed by atoms with Gasteiger partial charge in [-0.05, 0) is 30.7 Å². The van der Waals surface area contributed by atoms with E-state index < -0.39 is 0 Å². The van der Waals surface area contributed by atoms with Crippen LogP contribution in [0.1, 0.15) is 31.2 Å². The smallest absolute Gasteiger partial charge is 0.324 e. The molecule has 26 heavy (non-hydrogen) atoms. The van der Waals surface area contributed by atoms with Crippen LogP contribution in [0.15, 0.2) is 6.20 Å². The predicted molar refractivity (Wildman–Crippen MR) is 97.0 cm³/mol. The van der Waals surface area contributed by atoms with Gasteiger partial charge in [-0.1, -0.05) is 18.4 Å². The first kappa shape index (κ1) is 18.0. The van der Waals surface area contributed by atoms with Crippen molar-refractivity contribution in [3.8, 4) is 0 Å². The lowest BCUT2D eigenvalue weighted by atomic mass is 10.3. The van der Waals surface area contributed by atoms with Gasteiger partial charge in [0.1, 0.15) is 5.82 Å². The van der Waals surface area contributed by atoms with Crippen molar-refractivity contribution in [2.75, 3.05) is 36.4 Å². The number of piperazine rings is 1. The number of hydrogen-bond acceptors (Lipinski definition) is 7. The lowest BCUT2D eigenvalue weighted by Gasteiger charge is -2.35. The molecule has 1 fully saturated rings. The van der Waals surface area contributed by atoms with Gasteiger partial charge in [-0.3, -0.25) is 10.3 Å². The largest absolute Gasteiger partial charge is 0.352 e. The summed E-state index contributed by atoms with van der Waals surface area (Å²) in [6, 6.07) is -0.177. The Hall–Kier alpha value is -2.78. The first-order chi connectivity index (χ1) is 12.6. The molecule has 10 nitrogen and oxygen atoms in total. The minimum Gasteiger partial charge on any atom is -0.352 e. The van der Waals surface area contributed by atoms with Crippen molar-refractivity contribution >= 4 is 17.8 Å². The van der Waals surface area contributed by atoms with Gasteiger partial charge in [0.25, 0.3) is 5.95 Å². The number of urea groups is 1.